The molecule has 0 atom stereocenters. The van der Waals surface area contributed by atoms with E-state index >= 15 is 0 Å². The van der Waals surface area contributed by atoms with Crippen LogP contribution in [0.4, 0.5) is 0 Å². The molecule has 0 saturated heterocycles. The smallest absolute Gasteiger partial charge is 0.191 e. The maximum absolute atomic E-state index is 5.04. The van der Waals surface area contributed by atoms with Crippen LogP contribution in [-0.4, -0.2) is 32.8 Å². The van der Waals surface area contributed by atoms with Gasteiger partial charge < -0.3 is 15.4 Å². The average Bonchev–Trinajstić information content (AvgIpc) is 2.49. The van der Waals surface area contributed by atoms with E-state index in [9.17, 15) is 0 Å². The normalized spacial score (nSPS) is 10.9. The van der Waals surface area contributed by atoms with Gasteiger partial charge in [0.15, 0.2) is 5.96 Å². The lowest BCUT2D eigenvalue weighted by Crippen LogP contribution is -2.38. The van der Waals surface area contributed by atoms with Gasteiger partial charge in [0.1, 0.15) is 0 Å². The number of rotatable bonds is 8. The highest BCUT2D eigenvalue weighted by Crippen LogP contribution is 2.10. The van der Waals surface area contributed by atoms with Crippen LogP contribution >= 0.6 is 24.0 Å². The summed E-state index contributed by atoms with van der Waals surface area (Å²) in [6, 6.07) is 8.48. The molecule has 0 aliphatic rings. The second kappa shape index (κ2) is 12.9. The van der Waals surface area contributed by atoms with Crippen LogP contribution in [-0.2, 0) is 17.7 Å². The van der Waals surface area contributed by atoms with Gasteiger partial charge in [0.25, 0.3) is 0 Å². The van der Waals surface area contributed by atoms with Gasteiger partial charge in [0, 0.05) is 26.8 Å². The third-order valence-corrected chi connectivity index (χ3v) is 3.07. The lowest BCUT2D eigenvalue weighted by molar-refractivity contribution is 0.195. The van der Waals surface area contributed by atoms with Crippen LogP contribution in [0.25, 0.3) is 0 Å². The van der Waals surface area contributed by atoms with Crippen LogP contribution in [0.5, 0.6) is 0 Å². The zero-order valence-electron chi connectivity index (χ0n) is 13.3. The molecular formula is C16H28IN3O. The number of aliphatic imine (C=N–C) groups is 1. The van der Waals surface area contributed by atoms with Crippen molar-refractivity contribution in [1.29, 1.82) is 0 Å². The van der Waals surface area contributed by atoms with Gasteiger partial charge in [-0.1, -0.05) is 31.2 Å². The zero-order chi connectivity index (χ0) is 14.6. The summed E-state index contributed by atoms with van der Waals surface area (Å²) in [4.78, 5) is 4.64. The van der Waals surface area contributed by atoms with E-state index in [4.69, 9.17) is 4.74 Å². The van der Waals surface area contributed by atoms with E-state index < -0.39 is 0 Å². The Hall–Kier alpha value is -0.820. The number of ether oxygens (including phenoxy) is 1. The Balaban J connectivity index is 0.00000400. The molecule has 0 unspecified atom stereocenters. The quantitative estimate of drug-likeness (QED) is 0.303. The van der Waals surface area contributed by atoms with Gasteiger partial charge in [-0.25, -0.2) is 4.99 Å². The number of methoxy groups -OCH3 is 1. The highest BCUT2D eigenvalue weighted by atomic mass is 127. The van der Waals surface area contributed by atoms with Crippen molar-refractivity contribution in [3.8, 4) is 0 Å². The Morgan fingerprint density at radius 2 is 1.86 bits per heavy atom. The molecule has 21 heavy (non-hydrogen) atoms. The van der Waals surface area contributed by atoms with Crippen molar-refractivity contribution in [3.63, 3.8) is 0 Å². The number of nitrogens with one attached hydrogen (secondary N) is 2. The molecule has 0 amide bonds. The fourth-order valence-electron chi connectivity index (χ4n) is 1.99. The van der Waals surface area contributed by atoms with E-state index in [-0.39, 0.29) is 24.0 Å². The van der Waals surface area contributed by atoms with Crippen LogP contribution in [0.15, 0.2) is 29.3 Å². The van der Waals surface area contributed by atoms with Crippen molar-refractivity contribution in [2.45, 2.75) is 33.2 Å². The molecule has 4 nitrogen and oxygen atoms in total. The first-order valence-corrected chi connectivity index (χ1v) is 7.39. The lowest BCUT2D eigenvalue weighted by Gasteiger charge is -2.12. The fourth-order valence-corrected chi connectivity index (χ4v) is 1.99. The molecule has 0 aliphatic carbocycles. The fraction of sp³-hybridized carbons (Fsp3) is 0.562. The highest BCUT2D eigenvalue weighted by molar-refractivity contribution is 14.0. The molecule has 0 aliphatic heterocycles. The molecule has 0 spiro atoms. The lowest BCUT2D eigenvalue weighted by atomic mass is 10.1. The molecule has 0 saturated carbocycles. The molecule has 0 bridgehead atoms. The summed E-state index contributed by atoms with van der Waals surface area (Å²) in [5.41, 5.74) is 2.66. The van der Waals surface area contributed by atoms with Crippen LogP contribution in [0, 0.1) is 0 Å². The van der Waals surface area contributed by atoms with E-state index in [1.807, 2.05) is 0 Å². The first-order valence-electron chi connectivity index (χ1n) is 7.39. The predicted octanol–water partition coefficient (Wildman–Crippen LogP) is 2.96. The Labute approximate surface area is 145 Å². The first-order chi connectivity index (χ1) is 9.81. The zero-order valence-corrected chi connectivity index (χ0v) is 15.6. The molecule has 0 heterocycles. The molecule has 1 aromatic carbocycles. The number of hydrogen-bond donors (Lipinski definition) is 2. The summed E-state index contributed by atoms with van der Waals surface area (Å²) in [5, 5.41) is 6.59. The standard InChI is InChI=1S/C16H27N3O.HI/c1-4-14-9-6-7-10-15(14)13-19-16(17-5-2)18-11-8-12-20-3;/h6-7,9-10H,4-5,8,11-13H2,1-3H3,(H2,17,18,19);1H. The first kappa shape index (κ1) is 20.2. The number of nitrogens with zero attached hydrogens (tertiary/aromatic N) is 1. The summed E-state index contributed by atoms with van der Waals surface area (Å²) >= 11 is 0. The van der Waals surface area contributed by atoms with Gasteiger partial charge in [0.05, 0.1) is 6.54 Å². The number of hydrogen-bond acceptors (Lipinski definition) is 2. The minimum atomic E-state index is 0. The van der Waals surface area contributed by atoms with Crippen molar-refractivity contribution in [3.05, 3.63) is 35.4 Å². The average molecular weight is 405 g/mol. The number of aryl methyl sites for hydroxylation is 1. The summed E-state index contributed by atoms with van der Waals surface area (Å²) in [6.45, 7) is 7.47. The number of guanidine groups is 1. The Morgan fingerprint density at radius 3 is 2.48 bits per heavy atom. The molecule has 0 fully saturated rings. The molecule has 0 radical (unpaired) electrons. The van der Waals surface area contributed by atoms with E-state index in [1.165, 1.54) is 11.1 Å². The van der Waals surface area contributed by atoms with Crippen molar-refractivity contribution >= 4 is 29.9 Å². The van der Waals surface area contributed by atoms with Gasteiger partial charge in [-0.3, -0.25) is 0 Å². The van der Waals surface area contributed by atoms with Gasteiger partial charge in [-0.2, -0.15) is 0 Å². The van der Waals surface area contributed by atoms with Gasteiger partial charge in [-0.15, -0.1) is 24.0 Å². The number of halogens is 1. The predicted molar refractivity (Wildman–Crippen MR) is 101 cm³/mol. The monoisotopic (exact) mass is 405 g/mol. The van der Waals surface area contributed by atoms with Crippen LogP contribution in [0.3, 0.4) is 0 Å². The minimum Gasteiger partial charge on any atom is -0.385 e. The Morgan fingerprint density at radius 1 is 1.14 bits per heavy atom. The van der Waals surface area contributed by atoms with Crippen LogP contribution in [0.1, 0.15) is 31.4 Å². The van der Waals surface area contributed by atoms with Crippen molar-refractivity contribution in [1.82, 2.24) is 10.6 Å². The second-order valence-corrected chi connectivity index (χ2v) is 4.59. The van der Waals surface area contributed by atoms with Gasteiger partial charge in [-0.05, 0) is 30.9 Å². The third kappa shape index (κ3) is 8.26. The van der Waals surface area contributed by atoms with Crippen molar-refractivity contribution in [2.75, 3.05) is 26.8 Å². The molecule has 5 heteroatoms. The highest BCUT2D eigenvalue weighted by Gasteiger charge is 2.00. The summed E-state index contributed by atoms with van der Waals surface area (Å²) in [6.07, 6.45) is 2.02. The van der Waals surface area contributed by atoms with E-state index in [0.29, 0.717) is 6.54 Å². The van der Waals surface area contributed by atoms with Crippen molar-refractivity contribution in [2.24, 2.45) is 4.99 Å². The van der Waals surface area contributed by atoms with Crippen LogP contribution in [0.2, 0.25) is 0 Å². The van der Waals surface area contributed by atoms with Gasteiger partial charge in [0.2, 0.25) is 0 Å². The molecule has 120 valence electrons. The summed E-state index contributed by atoms with van der Waals surface area (Å²) in [5.74, 6) is 0.870. The van der Waals surface area contributed by atoms with Crippen molar-refractivity contribution < 1.29 is 4.74 Å². The third-order valence-electron chi connectivity index (χ3n) is 3.07. The second-order valence-electron chi connectivity index (χ2n) is 4.59. The minimum absolute atomic E-state index is 0. The SMILES string of the molecule is CCNC(=NCc1ccccc1CC)NCCCOC.I. The molecule has 2 N–H and O–H groups in total. The molecule has 1 aromatic rings. The summed E-state index contributed by atoms with van der Waals surface area (Å²) < 4.78 is 5.04. The van der Waals surface area contributed by atoms with E-state index in [1.54, 1.807) is 7.11 Å². The Bertz CT molecular complexity index is 410. The topological polar surface area (TPSA) is 45.7 Å². The maximum atomic E-state index is 5.04. The summed E-state index contributed by atoms with van der Waals surface area (Å²) in [7, 11) is 1.72. The molecule has 0 aromatic heterocycles. The Kier molecular flexibility index (Phi) is 12.4. The van der Waals surface area contributed by atoms with E-state index in [0.717, 1.165) is 38.5 Å². The maximum Gasteiger partial charge on any atom is 0.191 e. The van der Waals surface area contributed by atoms with Gasteiger partial charge >= 0.3 is 0 Å². The molecule has 1 rings (SSSR count). The van der Waals surface area contributed by atoms with Crippen LogP contribution < -0.4 is 10.6 Å². The largest absolute Gasteiger partial charge is 0.385 e. The molecular weight excluding hydrogens is 377 g/mol. The van der Waals surface area contributed by atoms with E-state index in [2.05, 4.69) is 53.7 Å². The number of benzene rings is 1.